The monoisotopic (exact) mass is 410 g/mol. The topological polar surface area (TPSA) is 64.6 Å². The Bertz CT molecular complexity index is 944. The van der Waals surface area contributed by atoms with Crippen LogP contribution >= 0.6 is 0 Å². The Kier molecular flexibility index (Phi) is 6.06. The lowest BCUT2D eigenvalue weighted by Gasteiger charge is -2.29. The van der Waals surface area contributed by atoms with E-state index in [-0.39, 0.29) is 17.3 Å². The first-order valence-corrected chi connectivity index (χ1v) is 10.8. The van der Waals surface area contributed by atoms with E-state index < -0.39 is 0 Å². The summed E-state index contributed by atoms with van der Waals surface area (Å²) in [4.78, 5) is 15.9. The molecule has 0 amide bonds. The van der Waals surface area contributed by atoms with E-state index in [1.807, 2.05) is 31.2 Å². The quantitative estimate of drug-likeness (QED) is 0.614. The third-order valence-electron chi connectivity index (χ3n) is 6.00. The number of quaternary nitrogens is 2. The first-order chi connectivity index (χ1) is 14.6. The van der Waals surface area contributed by atoms with Crippen molar-refractivity contribution >= 4 is 11.9 Å². The Labute approximate surface area is 177 Å². The van der Waals surface area contributed by atoms with Gasteiger partial charge in [0.1, 0.15) is 44.2 Å². The molecule has 2 aromatic carbocycles. The minimum Gasteiger partial charge on any atom is -0.507 e. The molecule has 0 unspecified atom stereocenters. The number of Topliss-reactive ketones (excluding diaryl/α,β-unsaturated/α-hetero) is 1. The number of piperazine rings is 1. The van der Waals surface area contributed by atoms with Gasteiger partial charge in [0.15, 0.2) is 11.5 Å². The number of hydrogen-bond acceptors (Lipinski definition) is 4. The first-order valence-electron chi connectivity index (χ1n) is 10.8. The molecule has 0 saturated carbocycles. The van der Waals surface area contributed by atoms with E-state index >= 15 is 0 Å². The molecule has 30 heavy (non-hydrogen) atoms. The maximum absolute atomic E-state index is 12.9. The van der Waals surface area contributed by atoms with Crippen LogP contribution in [0.4, 0.5) is 0 Å². The molecule has 6 nitrogen and oxygen atoms in total. The predicted molar refractivity (Wildman–Crippen MR) is 114 cm³/mol. The number of carbonyl (C=O) groups excluding carboxylic acids is 1. The van der Waals surface area contributed by atoms with Crippen LogP contribution in [0.3, 0.4) is 0 Å². The number of carbonyl (C=O) groups is 1. The molecule has 2 heterocycles. The van der Waals surface area contributed by atoms with Crippen LogP contribution < -0.4 is 19.3 Å². The number of ether oxygens (including phenoxy) is 2. The fraction of sp³-hybridized carbons (Fsp3) is 0.375. The van der Waals surface area contributed by atoms with Crippen molar-refractivity contribution in [2.45, 2.75) is 20.4 Å². The molecule has 6 heteroatoms. The average molecular weight is 411 g/mol. The third-order valence-corrected chi connectivity index (χ3v) is 6.00. The lowest BCUT2D eigenvalue weighted by Crippen LogP contribution is -3.27. The largest absolute Gasteiger partial charge is 0.507 e. The van der Waals surface area contributed by atoms with Gasteiger partial charge in [-0.25, -0.2) is 0 Å². The molecule has 0 bridgehead atoms. The Morgan fingerprint density at radius 3 is 2.40 bits per heavy atom. The van der Waals surface area contributed by atoms with Gasteiger partial charge in [0, 0.05) is 0 Å². The summed E-state index contributed by atoms with van der Waals surface area (Å²) in [7, 11) is 0. The van der Waals surface area contributed by atoms with Crippen molar-refractivity contribution in [1.29, 1.82) is 0 Å². The van der Waals surface area contributed by atoms with Crippen molar-refractivity contribution in [3.8, 4) is 17.2 Å². The molecule has 2 aliphatic heterocycles. The average Bonchev–Trinajstić information content (AvgIpc) is 3.08. The number of likely N-dealkylation sites (N-methyl/N-ethyl adjacent to an activating group) is 1. The van der Waals surface area contributed by atoms with Crippen molar-refractivity contribution in [2.75, 3.05) is 39.3 Å². The van der Waals surface area contributed by atoms with Crippen LogP contribution in [0, 0.1) is 0 Å². The molecule has 0 radical (unpaired) electrons. The molecule has 0 aliphatic carbocycles. The van der Waals surface area contributed by atoms with Crippen molar-refractivity contribution in [2.24, 2.45) is 0 Å². The number of benzene rings is 2. The summed E-state index contributed by atoms with van der Waals surface area (Å²) in [5.74, 6) is 1.64. The standard InChI is InChI=1S/C24H28N2O4/c1-3-25-11-13-26(14-12-25)16-20-21(27)10-9-19-23(28)22(30-24(19)20)15-17-5-7-18(8-6-17)29-4-2/h5-10,15,27H,3-4,11-14,16H2,1-2H3/p+2/b22-15-. The van der Waals surface area contributed by atoms with Crippen LogP contribution in [-0.4, -0.2) is 50.2 Å². The Balaban J connectivity index is 1.54. The van der Waals surface area contributed by atoms with E-state index in [4.69, 9.17) is 9.47 Å². The van der Waals surface area contributed by atoms with E-state index in [0.717, 1.165) is 49.6 Å². The van der Waals surface area contributed by atoms with Gasteiger partial charge in [-0.05, 0) is 49.8 Å². The van der Waals surface area contributed by atoms with Gasteiger partial charge in [-0.1, -0.05) is 12.1 Å². The molecule has 2 aliphatic rings. The fourth-order valence-electron chi connectivity index (χ4n) is 4.18. The fourth-order valence-corrected chi connectivity index (χ4v) is 4.18. The maximum Gasteiger partial charge on any atom is 0.231 e. The molecule has 3 N–H and O–H groups in total. The molecule has 158 valence electrons. The summed E-state index contributed by atoms with van der Waals surface area (Å²) in [5, 5.41) is 10.5. The van der Waals surface area contributed by atoms with Crippen molar-refractivity contribution in [3.05, 3.63) is 58.8 Å². The summed E-state index contributed by atoms with van der Waals surface area (Å²) in [6.45, 7) is 10.9. The van der Waals surface area contributed by atoms with Crippen molar-refractivity contribution in [3.63, 3.8) is 0 Å². The number of fused-ring (bicyclic) bond motifs is 1. The molecular formula is C24H30N2O4+2. The number of phenols is 1. The zero-order chi connectivity index (χ0) is 21.1. The summed E-state index contributed by atoms with van der Waals surface area (Å²) in [6.07, 6.45) is 1.75. The summed E-state index contributed by atoms with van der Waals surface area (Å²) in [5.41, 5.74) is 2.12. The minimum absolute atomic E-state index is 0.143. The molecule has 2 aromatic rings. The smallest absolute Gasteiger partial charge is 0.231 e. The Hall–Kier alpha value is -2.83. The lowest BCUT2D eigenvalue weighted by molar-refractivity contribution is -1.02. The number of ketones is 1. The van der Waals surface area contributed by atoms with Crippen molar-refractivity contribution in [1.82, 2.24) is 0 Å². The van der Waals surface area contributed by atoms with Crippen LogP contribution in [0.5, 0.6) is 17.2 Å². The maximum atomic E-state index is 12.9. The molecular weight excluding hydrogens is 380 g/mol. The van der Waals surface area contributed by atoms with E-state index in [1.54, 1.807) is 23.1 Å². The highest BCUT2D eigenvalue weighted by atomic mass is 16.5. The van der Waals surface area contributed by atoms with E-state index in [9.17, 15) is 9.90 Å². The highest BCUT2D eigenvalue weighted by Crippen LogP contribution is 2.39. The summed E-state index contributed by atoms with van der Waals surface area (Å²) in [6, 6.07) is 10.8. The molecule has 4 rings (SSSR count). The lowest BCUT2D eigenvalue weighted by atomic mass is 10.0. The van der Waals surface area contributed by atoms with E-state index in [1.165, 1.54) is 4.90 Å². The van der Waals surface area contributed by atoms with Gasteiger partial charge < -0.3 is 24.4 Å². The zero-order valence-electron chi connectivity index (χ0n) is 17.7. The zero-order valence-corrected chi connectivity index (χ0v) is 17.7. The second-order valence-corrected chi connectivity index (χ2v) is 7.91. The predicted octanol–water partition coefficient (Wildman–Crippen LogP) is 0.710. The number of allylic oxidation sites excluding steroid dienone is 1. The van der Waals surface area contributed by atoms with E-state index in [0.29, 0.717) is 24.5 Å². The van der Waals surface area contributed by atoms with Crippen molar-refractivity contribution < 1.29 is 29.2 Å². The van der Waals surface area contributed by atoms with Gasteiger partial charge in [-0.15, -0.1) is 0 Å². The van der Waals surface area contributed by atoms with Crippen LogP contribution in [-0.2, 0) is 6.54 Å². The SMILES string of the molecule is CCOc1ccc(/C=C2\Oc3c(ccc(O)c3C[NH+]3CC[NH+](CC)CC3)C2=O)cc1. The van der Waals surface area contributed by atoms with Crippen LogP contribution in [0.25, 0.3) is 6.08 Å². The minimum atomic E-state index is -0.143. The van der Waals surface area contributed by atoms with Crippen LogP contribution in [0.15, 0.2) is 42.2 Å². The second-order valence-electron chi connectivity index (χ2n) is 7.91. The highest BCUT2D eigenvalue weighted by molar-refractivity contribution is 6.14. The van der Waals surface area contributed by atoms with E-state index in [2.05, 4.69) is 6.92 Å². The second kappa shape index (κ2) is 8.90. The van der Waals surface area contributed by atoms with Gasteiger partial charge in [0.2, 0.25) is 5.78 Å². The third kappa shape index (κ3) is 4.20. The van der Waals surface area contributed by atoms with Gasteiger partial charge in [-0.3, -0.25) is 4.79 Å². The van der Waals surface area contributed by atoms with Gasteiger partial charge >= 0.3 is 0 Å². The number of rotatable bonds is 6. The molecule has 0 aromatic heterocycles. The number of nitrogens with one attached hydrogen (secondary N) is 2. The first kappa shape index (κ1) is 20.4. The number of phenolic OH excluding ortho intramolecular Hbond substituents is 1. The molecule has 0 spiro atoms. The van der Waals surface area contributed by atoms with Gasteiger partial charge in [0.05, 0.1) is 24.3 Å². The summed E-state index contributed by atoms with van der Waals surface area (Å²) >= 11 is 0. The van der Waals surface area contributed by atoms with Gasteiger partial charge in [0.25, 0.3) is 0 Å². The highest BCUT2D eigenvalue weighted by Gasteiger charge is 2.33. The normalized spacial score (nSPS) is 22.1. The molecule has 0 atom stereocenters. The molecule has 1 saturated heterocycles. The molecule has 1 fully saturated rings. The van der Waals surface area contributed by atoms with Crippen LogP contribution in [0.1, 0.15) is 35.3 Å². The number of hydrogen-bond donors (Lipinski definition) is 3. The number of aromatic hydroxyl groups is 1. The van der Waals surface area contributed by atoms with Crippen LogP contribution in [0.2, 0.25) is 0 Å². The summed E-state index contributed by atoms with van der Waals surface area (Å²) < 4.78 is 11.5. The van der Waals surface area contributed by atoms with Gasteiger partial charge in [-0.2, -0.15) is 0 Å². The Morgan fingerprint density at radius 2 is 1.73 bits per heavy atom. The Morgan fingerprint density at radius 1 is 1.03 bits per heavy atom.